The number of hydrogen-bond donors (Lipinski definition) is 0. The van der Waals surface area contributed by atoms with Gasteiger partial charge in [0.25, 0.3) is 0 Å². The maximum atomic E-state index is 12.8. The summed E-state index contributed by atoms with van der Waals surface area (Å²) in [6.07, 6.45) is 74.7. The van der Waals surface area contributed by atoms with Gasteiger partial charge in [-0.1, -0.05) is 206 Å². The van der Waals surface area contributed by atoms with Crippen LogP contribution in [0.25, 0.3) is 0 Å². The lowest BCUT2D eigenvalue weighted by Gasteiger charge is -2.18. The summed E-state index contributed by atoms with van der Waals surface area (Å²) in [6, 6.07) is 0. The number of esters is 3. The van der Waals surface area contributed by atoms with Gasteiger partial charge in [0.2, 0.25) is 0 Å². The largest absolute Gasteiger partial charge is 0.462 e. The Labute approximate surface area is 412 Å². The third kappa shape index (κ3) is 52.6. The zero-order valence-corrected chi connectivity index (χ0v) is 43.1. The molecule has 0 saturated carbocycles. The van der Waals surface area contributed by atoms with Crippen molar-refractivity contribution in [1.29, 1.82) is 0 Å². The number of unbranched alkanes of at least 4 members (excludes halogenated alkanes) is 16. The lowest BCUT2D eigenvalue weighted by Crippen LogP contribution is -2.30. The van der Waals surface area contributed by atoms with Crippen LogP contribution >= 0.6 is 0 Å². The molecule has 0 heterocycles. The number of allylic oxidation sites excluding steroid dienone is 20. The topological polar surface area (TPSA) is 78.9 Å². The summed E-state index contributed by atoms with van der Waals surface area (Å²) in [5.41, 5.74) is 0. The Kier molecular flexibility index (Phi) is 51.0. The molecule has 0 aromatic carbocycles. The Balaban J connectivity index is 4.54. The molecule has 0 N–H and O–H groups in total. The van der Waals surface area contributed by atoms with Crippen LogP contribution < -0.4 is 0 Å². The van der Waals surface area contributed by atoms with Crippen LogP contribution in [0, 0.1) is 0 Å². The molecule has 1 atom stereocenters. The standard InChI is InChI=1S/C61H98O6/c1-4-7-10-13-16-19-22-25-28-30-33-36-39-42-45-48-51-54-60(63)66-57-58(56-65-59(62)53-50-47-44-41-38-35-32-27-24-21-18-15-12-9-6-3)67-61(64)55-52-49-46-43-40-37-34-31-29-26-23-20-17-14-11-8-5-2/h7,9-10,12,16-21,25-29,32-33,36,42,45,58H,4-6,8,11,13-15,22-24,30-31,34-35,37-41,43-44,46-57H2,1-3H3/b10-7-,12-9-,19-16-,20-17-,21-18-,28-25-,29-26-,32-27-,36-33-,45-42-/t58-/m1/s1. The van der Waals surface area contributed by atoms with Crippen molar-refractivity contribution in [2.75, 3.05) is 13.2 Å². The molecule has 0 bridgehead atoms. The second-order valence-corrected chi connectivity index (χ2v) is 17.4. The highest BCUT2D eigenvalue weighted by Crippen LogP contribution is 2.13. The molecular weight excluding hydrogens is 829 g/mol. The monoisotopic (exact) mass is 927 g/mol. The summed E-state index contributed by atoms with van der Waals surface area (Å²) in [6.45, 7) is 6.31. The number of rotatable bonds is 47. The van der Waals surface area contributed by atoms with Gasteiger partial charge in [0.15, 0.2) is 6.10 Å². The van der Waals surface area contributed by atoms with Gasteiger partial charge < -0.3 is 14.2 Å². The first-order valence-electron chi connectivity index (χ1n) is 27.0. The first kappa shape index (κ1) is 62.8. The fourth-order valence-corrected chi connectivity index (χ4v) is 6.93. The molecule has 0 radical (unpaired) electrons. The van der Waals surface area contributed by atoms with Crippen LogP contribution in [0.4, 0.5) is 0 Å². The van der Waals surface area contributed by atoms with Crippen molar-refractivity contribution in [3.05, 3.63) is 122 Å². The van der Waals surface area contributed by atoms with Gasteiger partial charge in [0, 0.05) is 19.3 Å². The molecule has 67 heavy (non-hydrogen) atoms. The van der Waals surface area contributed by atoms with Gasteiger partial charge >= 0.3 is 17.9 Å². The Morgan fingerprint density at radius 2 is 0.597 bits per heavy atom. The lowest BCUT2D eigenvalue weighted by molar-refractivity contribution is -0.167. The highest BCUT2D eigenvalue weighted by molar-refractivity contribution is 5.71. The summed E-state index contributed by atoms with van der Waals surface area (Å²) in [4.78, 5) is 38.1. The smallest absolute Gasteiger partial charge is 0.306 e. The summed E-state index contributed by atoms with van der Waals surface area (Å²) < 4.78 is 16.8. The predicted octanol–water partition coefficient (Wildman–Crippen LogP) is 18.1. The van der Waals surface area contributed by atoms with Crippen LogP contribution in [-0.2, 0) is 28.6 Å². The summed E-state index contributed by atoms with van der Waals surface area (Å²) >= 11 is 0. The molecule has 0 aromatic heterocycles. The van der Waals surface area contributed by atoms with E-state index in [2.05, 4.69) is 142 Å². The van der Waals surface area contributed by atoms with E-state index in [9.17, 15) is 14.4 Å². The van der Waals surface area contributed by atoms with E-state index in [1.807, 2.05) is 0 Å². The van der Waals surface area contributed by atoms with Gasteiger partial charge in [0.1, 0.15) is 13.2 Å². The maximum absolute atomic E-state index is 12.8. The molecule has 0 spiro atoms. The minimum Gasteiger partial charge on any atom is -0.462 e. The summed E-state index contributed by atoms with van der Waals surface area (Å²) in [5.74, 6) is -1.000. The van der Waals surface area contributed by atoms with Gasteiger partial charge in [-0.05, 0) is 122 Å². The molecule has 0 saturated heterocycles. The Morgan fingerprint density at radius 1 is 0.313 bits per heavy atom. The van der Waals surface area contributed by atoms with E-state index in [4.69, 9.17) is 14.2 Å². The van der Waals surface area contributed by atoms with Crippen LogP contribution in [0.3, 0.4) is 0 Å². The minimum atomic E-state index is -0.816. The first-order chi connectivity index (χ1) is 33.0. The second-order valence-electron chi connectivity index (χ2n) is 17.4. The average Bonchev–Trinajstić information content (AvgIpc) is 3.33. The van der Waals surface area contributed by atoms with Crippen LogP contribution in [0.5, 0.6) is 0 Å². The van der Waals surface area contributed by atoms with E-state index in [-0.39, 0.29) is 37.5 Å². The van der Waals surface area contributed by atoms with Gasteiger partial charge in [-0.2, -0.15) is 0 Å². The van der Waals surface area contributed by atoms with Crippen LogP contribution in [0.1, 0.15) is 226 Å². The van der Waals surface area contributed by atoms with Gasteiger partial charge in [0.05, 0.1) is 0 Å². The van der Waals surface area contributed by atoms with Crippen LogP contribution in [0.2, 0.25) is 0 Å². The molecule has 378 valence electrons. The summed E-state index contributed by atoms with van der Waals surface area (Å²) in [5, 5.41) is 0. The van der Waals surface area contributed by atoms with E-state index in [1.165, 1.54) is 51.4 Å². The van der Waals surface area contributed by atoms with Crippen molar-refractivity contribution in [2.45, 2.75) is 232 Å². The van der Waals surface area contributed by atoms with E-state index in [0.717, 1.165) is 128 Å². The third-order valence-electron chi connectivity index (χ3n) is 10.9. The molecule has 0 fully saturated rings. The van der Waals surface area contributed by atoms with Crippen LogP contribution in [-0.4, -0.2) is 37.2 Å². The Hall–Kier alpha value is -4.19. The quantitative estimate of drug-likeness (QED) is 0.0262. The molecule has 0 aromatic rings. The lowest BCUT2D eigenvalue weighted by atomic mass is 10.1. The number of carbonyl (C=O) groups excluding carboxylic acids is 3. The van der Waals surface area contributed by atoms with Gasteiger partial charge in [-0.25, -0.2) is 0 Å². The second kappa shape index (κ2) is 54.4. The van der Waals surface area contributed by atoms with Crippen molar-refractivity contribution >= 4 is 17.9 Å². The van der Waals surface area contributed by atoms with Gasteiger partial charge in [-0.3, -0.25) is 14.4 Å². The normalized spacial score (nSPS) is 13.1. The van der Waals surface area contributed by atoms with E-state index < -0.39 is 6.10 Å². The first-order valence-corrected chi connectivity index (χ1v) is 27.0. The zero-order chi connectivity index (χ0) is 48.6. The number of hydrogen-bond acceptors (Lipinski definition) is 6. The molecule has 0 rings (SSSR count). The number of carbonyl (C=O) groups is 3. The molecule has 0 amide bonds. The van der Waals surface area contributed by atoms with Gasteiger partial charge in [-0.15, -0.1) is 0 Å². The number of ether oxygens (including phenoxy) is 3. The molecule has 6 nitrogen and oxygen atoms in total. The van der Waals surface area contributed by atoms with E-state index >= 15 is 0 Å². The van der Waals surface area contributed by atoms with Crippen molar-refractivity contribution < 1.29 is 28.6 Å². The SMILES string of the molecule is CC/C=C\C/C=C\C/C=C\C/C=C\C/C=C\CCCC(=O)OC[C@@H](COC(=O)CCCCCCC/C=C\C/C=C\C/C=C\CC)OC(=O)CCCCCCCCC/C=C\C/C=C\CCCCC. The van der Waals surface area contributed by atoms with Crippen molar-refractivity contribution in [3.8, 4) is 0 Å². The highest BCUT2D eigenvalue weighted by atomic mass is 16.6. The Morgan fingerprint density at radius 3 is 0.970 bits per heavy atom. The van der Waals surface area contributed by atoms with Crippen molar-refractivity contribution in [1.82, 2.24) is 0 Å². The average molecular weight is 927 g/mol. The molecule has 0 unspecified atom stereocenters. The van der Waals surface area contributed by atoms with Crippen LogP contribution in [0.15, 0.2) is 122 Å². The predicted molar refractivity (Wildman–Crippen MR) is 288 cm³/mol. The molecule has 0 aliphatic rings. The third-order valence-corrected chi connectivity index (χ3v) is 10.9. The highest BCUT2D eigenvalue weighted by Gasteiger charge is 2.19. The Bertz CT molecular complexity index is 1440. The molecule has 6 heteroatoms. The fourth-order valence-electron chi connectivity index (χ4n) is 6.93. The minimum absolute atomic E-state index is 0.111. The zero-order valence-electron chi connectivity index (χ0n) is 43.1. The summed E-state index contributed by atoms with van der Waals surface area (Å²) in [7, 11) is 0. The van der Waals surface area contributed by atoms with Crippen molar-refractivity contribution in [2.24, 2.45) is 0 Å². The molecule has 0 aliphatic carbocycles. The van der Waals surface area contributed by atoms with Crippen molar-refractivity contribution in [3.63, 3.8) is 0 Å². The fraction of sp³-hybridized carbons (Fsp3) is 0.623. The van der Waals surface area contributed by atoms with E-state index in [0.29, 0.717) is 19.3 Å². The molecule has 0 aliphatic heterocycles. The molecular formula is C61H98O6. The maximum Gasteiger partial charge on any atom is 0.306 e. The van der Waals surface area contributed by atoms with E-state index in [1.54, 1.807) is 0 Å².